The lowest BCUT2D eigenvalue weighted by molar-refractivity contribution is -0.141. The Hall–Kier alpha value is -2.02. The van der Waals surface area contributed by atoms with Crippen molar-refractivity contribution >= 4 is 0 Å². The van der Waals surface area contributed by atoms with Gasteiger partial charge < -0.3 is 4.74 Å². The van der Waals surface area contributed by atoms with Gasteiger partial charge in [-0.3, -0.25) is 4.90 Å². The smallest absolute Gasteiger partial charge is 0.435 e. The minimum absolute atomic E-state index is 0.0276. The number of halogens is 3. The molecule has 0 N–H and O–H groups in total. The molecule has 1 aliphatic carbocycles. The van der Waals surface area contributed by atoms with Crippen LogP contribution in [0.1, 0.15) is 43.9 Å². The van der Waals surface area contributed by atoms with Crippen molar-refractivity contribution in [2.75, 3.05) is 13.1 Å². The zero-order valence-corrected chi connectivity index (χ0v) is 16.7. The molecule has 1 aromatic carbocycles. The molecule has 2 heterocycles. The minimum atomic E-state index is -4.45. The number of ether oxygens (including phenoxy) is 1. The first-order valence-electron chi connectivity index (χ1n) is 10.5. The second-order valence-corrected chi connectivity index (χ2v) is 8.30. The first kappa shape index (κ1) is 20.3. The molecule has 7 heteroatoms. The normalized spacial score (nSPS) is 24.8. The highest BCUT2D eigenvalue weighted by Crippen LogP contribution is 2.40. The Morgan fingerprint density at radius 1 is 1.10 bits per heavy atom. The van der Waals surface area contributed by atoms with Crippen LogP contribution in [0.5, 0.6) is 5.88 Å². The summed E-state index contributed by atoms with van der Waals surface area (Å²) in [5.41, 5.74) is 0.427. The quantitative estimate of drug-likeness (QED) is 0.648. The topological polar surface area (TPSA) is 30.3 Å². The van der Waals surface area contributed by atoms with Crippen LogP contribution >= 0.6 is 0 Å². The number of hydrogen-bond acceptors (Lipinski definition) is 3. The third kappa shape index (κ3) is 4.60. The van der Waals surface area contributed by atoms with E-state index < -0.39 is 11.9 Å². The van der Waals surface area contributed by atoms with E-state index in [2.05, 4.69) is 34.3 Å². The van der Waals surface area contributed by atoms with Crippen molar-refractivity contribution in [3.8, 4) is 5.88 Å². The average Bonchev–Trinajstić information content (AvgIpc) is 3.19. The van der Waals surface area contributed by atoms with E-state index in [9.17, 15) is 13.2 Å². The van der Waals surface area contributed by atoms with E-state index in [1.165, 1.54) is 10.2 Å². The Kier molecular flexibility index (Phi) is 5.86. The van der Waals surface area contributed by atoms with Gasteiger partial charge in [0.1, 0.15) is 6.10 Å². The molecule has 1 aliphatic heterocycles. The summed E-state index contributed by atoms with van der Waals surface area (Å²) in [5, 5.41) is 3.78. The molecule has 1 saturated heterocycles. The second-order valence-electron chi connectivity index (χ2n) is 8.30. The number of unbranched alkanes of at least 4 members (excludes halogenated alkanes) is 1. The zero-order valence-electron chi connectivity index (χ0n) is 16.7. The van der Waals surface area contributed by atoms with Crippen LogP contribution in [0.15, 0.2) is 36.4 Å². The van der Waals surface area contributed by atoms with Gasteiger partial charge in [-0.1, -0.05) is 43.7 Å². The van der Waals surface area contributed by atoms with Crippen molar-refractivity contribution in [2.24, 2.45) is 11.8 Å². The lowest BCUT2D eigenvalue weighted by Gasteiger charge is -2.38. The highest BCUT2D eigenvalue weighted by Gasteiger charge is 2.44. The number of hydrogen-bond donors (Lipinski definition) is 0. The van der Waals surface area contributed by atoms with Crippen LogP contribution in [0.2, 0.25) is 0 Å². The maximum atomic E-state index is 13.2. The van der Waals surface area contributed by atoms with Gasteiger partial charge in [0.2, 0.25) is 5.88 Å². The number of aryl methyl sites for hydroxylation is 1. The molecule has 0 radical (unpaired) electrons. The summed E-state index contributed by atoms with van der Waals surface area (Å²) < 4.78 is 47.1. The summed E-state index contributed by atoms with van der Waals surface area (Å²) in [4.78, 5) is 2.45. The predicted octanol–water partition coefficient (Wildman–Crippen LogP) is 4.99. The minimum Gasteiger partial charge on any atom is -0.474 e. The van der Waals surface area contributed by atoms with E-state index in [1.807, 2.05) is 13.0 Å². The Morgan fingerprint density at radius 3 is 2.41 bits per heavy atom. The average molecular weight is 407 g/mol. The fraction of sp³-hybridized carbons (Fsp3) is 0.591. The van der Waals surface area contributed by atoms with Crippen molar-refractivity contribution in [3.05, 3.63) is 47.7 Å². The fourth-order valence-corrected chi connectivity index (χ4v) is 4.67. The standard InChI is InChI=1S/C22H28F3N3O/c1-2-3-11-28-20(12-19(26-28)22(23,24)25)29-21-17-9-10-18(21)15-27(14-17)13-16-7-5-4-6-8-16/h4-8,12,17-18,21H,2-3,9-11,13-15H2,1H3/t17-,18+,21-. The van der Waals surface area contributed by atoms with Gasteiger partial charge in [0.25, 0.3) is 0 Å². The van der Waals surface area contributed by atoms with Crippen LogP contribution in [0.3, 0.4) is 0 Å². The van der Waals surface area contributed by atoms with Gasteiger partial charge in [-0.25, -0.2) is 4.68 Å². The van der Waals surface area contributed by atoms with Crippen LogP contribution in [-0.2, 0) is 19.3 Å². The number of aromatic nitrogens is 2. The van der Waals surface area contributed by atoms with Gasteiger partial charge in [-0.05, 0) is 24.8 Å². The summed E-state index contributed by atoms with van der Waals surface area (Å²) in [5.74, 6) is 0.965. The van der Waals surface area contributed by atoms with Gasteiger partial charge in [-0.15, -0.1) is 0 Å². The molecule has 158 valence electrons. The highest BCUT2D eigenvalue weighted by molar-refractivity contribution is 5.20. The van der Waals surface area contributed by atoms with Crippen molar-refractivity contribution < 1.29 is 17.9 Å². The predicted molar refractivity (Wildman–Crippen MR) is 104 cm³/mol. The summed E-state index contributed by atoms with van der Waals surface area (Å²) >= 11 is 0. The molecule has 1 saturated carbocycles. The lowest BCUT2D eigenvalue weighted by Crippen LogP contribution is -2.46. The van der Waals surface area contributed by atoms with E-state index in [-0.39, 0.29) is 12.0 Å². The molecule has 2 aromatic rings. The van der Waals surface area contributed by atoms with E-state index in [0.29, 0.717) is 18.4 Å². The largest absolute Gasteiger partial charge is 0.474 e. The van der Waals surface area contributed by atoms with E-state index in [4.69, 9.17) is 4.74 Å². The Balaban J connectivity index is 1.46. The maximum absolute atomic E-state index is 13.2. The van der Waals surface area contributed by atoms with Crippen LogP contribution in [0.25, 0.3) is 0 Å². The van der Waals surface area contributed by atoms with Gasteiger partial charge in [0.05, 0.1) is 0 Å². The maximum Gasteiger partial charge on any atom is 0.435 e. The summed E-state index contributed by atoms with van der Waals surface area (Å²) in [6, 6.07) is 11.5. The number of benzene rings is 1. The third-order valence-electron chi connectivity index (χ3n) is 6.09. The first-order valence-corrected chi connectivity index (χ1v) is 10.5. The highest BCUT2D eigenvalue weighted by atomic mass is 19.4. The van der Waals surface area contributed by atoms with Crippen molar-refractivity contribution in [2.45, 2.75) is 58.0 Å². The molecule has 2 aliphatic rings. The summed E-state index contributed by atoms with van der Waals surface area (Å²) in [6.07, 6.45) is -0.680. The number of rotatable bonds is 7. The Labute approximate surface area is 169 Å². The fourth-order valence-electron chi connectivity index (χ4n) is 4.67. The summed E-state index contributed by atoms with van der Waals surface area (Å²) in [6.45, 7) is 5.21. The molecule has 29 heavy (non-hydrogen) atoms. The van der Waals surface area contributed by atoms with Gasteiger partial charge in [0, 0.05) is 44.1 Å². The van der Waals surface area contributed by atoms with Crippen LogP contribution in [-0.4, -0.2) is 33.9 Å². The molecule has 0 unspecified atom stereocenters. The van der Waals surface area contributed by atoms with E-state index >= 15 is 0 Å². The second kappa shape index (κ2) is 8.38. The van der Waals surface area contributed by atoms with E-state index in [1.54, 1.807) is 0 Å². The van der Waals surface area contributed by atoms with Gasteiger partial charge in [0.15, 0.2) is 5.69 Å². The molecule has 4 nitrogen and oxygen atoms in total. The number of nitrogens with zero attached hydrogens (tertiary/aromatic N) is 3. The van der Waals surface area contributed by atoms with E-state index in [0.717, 1.165) is 51.4 Å². The molecule has 0 spiro atoms. The molecule has 4 rings (SSSR count). The van der Waals surface area contributed by atoms with Crippen LogP contribution in [0.4, 0.5) is 13.2 Å². The number of fused-ring (bicyclic) bond motifs is 2. The molecule has 3 atom stereocenters. The third-order valence-corrected chi connectivity index (χ3v) is 6.09. The first-order chi connectivity index (χ1) is 13.9. The molecule has 2 bridgehead atoms. The van der Waals surface area contributed by atoms with Crippen molar-refractivity contribution in [1.82, 2.24) is 14.7 Å². The molecule has 1 aromatic heterocycles. The lowest BCUT2D eigenvalue weighted by atomic mass is 9.94. The summed E-state index contributed by atoms with van der Waals surface area (Å²) in [7, 11) is 0. The van der Waals surface area contributed by atoms with Crippen LogP contribution < -0.4 is 4.74 Å². The Morgan fingerprint density at radius 2 is 1.79 bits per heavy atom. The van der Waals surface area contributed by atoms with Gasteiger partial charge >= 0.3 is 6.18 Å². The monoisotopic (exact) mass is 407 g/mol. The number of likely N-dealkylation sites (tertiary alicyclic amines) is 1. The number of alkyl halides is 3. The molecule has 2 fully saturated rings. The van der Waals surface area contributed by atoms with Crippen LogP contribution in [0, 0.1) is 11.8 Å². The van der Waals surface area contributed by atoms with Crippen molar-refractivity contribution in [1.29, 1.82) is 0 Å². The number of piperidine rings is 1. The molecular weight excluding hydrogens is 379 g/mol. The Bertz CT molecular complexity index is 791. The zero-order chi connectivity index (χ0) is 20.4. The van der Waals surface area contributed by atoms with Gasteiger partial charge in [-0.2, -0.15) is 18.3 Å². The molecular formula is C22H28F3N3O. The SMILES string of the molecule is CCCCn1nc(C(F)(F)F)cc1O[C@@H]1[C@@H]2CC[C@H]1CN(Cc1ccccc1)C2. The molecule has 0 amide bonds. The van der Waals surface area contributed by atoms with Crippen molar-refractivity contribution in [3.63, 3.8) is 0 Å².